The highest BCUT2D eigenvalue weighted by Gasteiger charge is 2.35. The van der Waals surface area contributed by atoms with Gasteiger partial charge in [-0.05, 0) is 29.4 Å². The van der Waals surface area contributed by atoms with Crippen LogP contribution in [0.15, 0.2) is 78.9 Å². The summed E-state index contributed by atoms with van der Waals surface area (Å²) >= 11 is 0. The molecule has 0 unspecified atom stereocenters. The first-order chi connectivity index (χ1) is 10.6. The highest BCUT2D eigenvalue weighted by atomic mass is 28.3. The molecule has 0 aliphatic heterocycles. The summed E-state index contributed by atoms with van der Waals surface area (Å²) in [6.45, 7) is 6.95. The quantitative estimate of drug-likeness (QED) is 0.514. The Kier molecular flexibility index (Phi) is 3.99. The van der Waals surface area contributed by atoms with Crippen LogP contribution < -0.4 is 15.6 Å². The smallest absolute Gasteiger partial charge is 0.0624 e. The van der Waals surface area contributed by atoms with Crippen molar-refractivity contribution in [3.05, 3.63) is 90.0 Å². The van der Waals surface area contributed by atoms with E-state index in [0.29, 0.717) is 0 Å². The van der Waals surface area contributed by atoms with Crippen molar-refractivity contribution in [3.63, 3.8) is 0 Å². The SMILES string of the molecule is Cc1ccccc1[Si](C)(c1ccccc1)c1ccccc1C. The van der Waals surface area contributed by atoms with Gasteiger partial charge in [-0.25, -0.2) is 0 Å². The summed E-state index contributed by atoms with van der Waals surface area (Å²) < 4.78 is 0. The maximum atomic E-state index is 2.48. The third-order valence-corrected chi connectivity index (χ3v) is 9.48. The minimum atomic E-state index is -1.97. The first kappa shape index (κ1) is 14.8. The Morgan fingerprint density at radius 1 is 0.545 bits per heavy atom. The van der Waals surface area contributed by atoms with E-state index in [1.807, 2.05) is 0 Å². The normalized spacial score (nSPS) is 11.4. The maximum Gasteiger partial charge on any atom is 0.146 e. The van der Waals surface area contributed by atoms with Gasteiger partial charge in [-0.15, -0.1) is 0 Å². The number of aryl methyl sites for hydroxylation is 2. The highest BCUT2D eigenvalue weighted by molar-refractivity contribution is 7.11. The van der Waals surface area contributed by atoms with Crippen molar-refractivity contribution in [1.29, 1.82) is 0 Å². The molecule has 1 heteroatoms. The number of benzene rings is 3. The molecular formula is C21H22Si. The fourth-order valence-electron chi connectivity index (χ4n) is 3.50. The Morgan fingerprint density at radius 3 is 1.41 bits per heavy atom. The topological polar surface area (TPSA) is 0 Å². The molecule has 0 fully saturated rings. The van der Waals surface area contributed by atoms with E-state index < -0.39 is 8.07 Å². The van der Waals surface area contributed by atoms with Crippen molar-refractivity contribution in [3.8, 4) is 0 Å². The van der Waals surface area contributed by atoms with Gasteiger partial charge >= 0.3 is 0 Å². The molecule has 0 radical (unpaired) electrons. The molecule has 3 aromatic rings. The van der Waals surface area contributed by atoms with Crippen molar-refractivity contribution in [2.24, 2.45) is 0 Å². The lowest BCUT2D eigenvalue weighted by atomic mass is 10.2. The summed E-state index contributed by atoms with van der Waals surface area (Å²) in [7, 11) is -1.97. The van der Waals surface area contributed by atoms with E-state index in [0.717, 1.165) is 0 Å². The predicted octanol–water partition coefficient (Wildman–Crippen LogP) is 3.40. The first-order valence-electron chi connectivity index (χ1n) is 7.82. The van der Waals surface area contributed by atoms with Gasteiger partial charge in [0.05, 0.1) is 0 Å². The summed E-state index contributed by atoms with van der Waals surface area (Å²) in [5.41, 5.74) is 2.78. The first-order valence-corrected chi connectivity index (χ1v) is 10.3. The van der Waals surface area contributed by atoms with Gasteiger partial charge in [0, 0.05) is 0 Å². The fourth-order valence-corrected chi connectivity index (χ4v) is 7.87. The van der Waals surface area contributed by atoms with Crippen LogP contribution in [0.5, 0.6) is 0 Å². The molecule has 0 heterocycles. The molecular weight excluding hydrogens is 280 g/mol. The van der Waals surface area contributed by atoms with Crippen LogP contribution in [0.4, 0.5) is 0 Å². The Labute approximate surface area is 134 Å². The predicted molar refractivity (Wildman–Crippen MR) is 99.3 cm³/mol. The highest BCUT2D eigenvalue weighted by Crippen LogP contribution is 2.11. The number of hydrogen-bond donors (Lipinski definition) is 0. The second-order valence-electron chi connectivity index (χ2n) is 6.12. The lowest BCUT2D eigenvalue weighted by Crippen LogP contribution is -2.66. The van der Waals surface area contributed by atoms with E-state index in [2.05, 4.69) is 99.3 Å². The van der Waals surface area contributed by atoms with Gasteiger partial charge < -0.3 is 0 Å². The van der Waals surface area contributed by atoms with Gasteiger partial charge in [-0.1, -0.05) is 96.5 Å². The van der Waals surface area contributed by atoms with Gasteiger partial charge in [0.2, 0.25) is 0 Å². The lowest BCUT2D eigenvalue weighted by Gasteiger charge is -2.32. The van der Waals surface area contributed by atoms with Crippen LogP contribution in [0.1, 0.15) is 11.1 Å². The molecule has 0 amide bonds. The van der Waals surface area contributed by atoms with E-state index in [-0.39, 0.29) is 0 Å². The zero-order valence-electron chi connectivity index (χ0n) is 13.5. The average molecular weight is 302 g/mol. The molecule has 0 aromatic heterocycles. The van der Waals surface area contributed by atoms with Gasteiger partial charge in [-0.2, -0.15) is 0 Å². The Hall–Kier alpha value is -2.12. The van der Waals surface area contributed by atoms with Gasteiger partial charge in [0.25, 0.3) is 0 Å². The second-order valence-corrected chi connectivity index (χ2v) is 10.0. The van der Waals surface area contributed by atoms with Gasteiger partial charge in [-0.3, -0.25) is 0 Å². The maximum absolute atomic E-state index is 2.48. The molecule has 110 valence electrons. The van der Waals surface area contributed by atoms with Gasteiger partial charge in [0.15, 0.2) is 0 Å². The molecule has 0 saturated carbocycles. The molecule has 0 bridgehead atoms. The van der Waals surface area contributed by atoms with Crippen LogP contribution in [-0.2, 0) is 0 Å². The van der Waals surface area contributed by atoms with Crippen molar-refractivity contribution in [1.82, 2.24) is 0 Å². The van der Waals surface area contributed by atoms with E-state index >= 15 is 0 Å². The van der Waals surface area contributed by atoms with Crippen LogP contribution in [0.2, 0.25) is 6.55 Å². The van der Waals surface area contributed by atoms with Crippen molar-refractivity contribution in [2.75, 3.05) is 0 Å². The summed E-state index contributed by atoms with van der Waals surface area (Å²) in [4.78, 5) is 0. The van der Waals surface area contributed by atoms with Crippen LogP contribution in [0.3, 0.4) is 0 Å². The van der Waals surface area contributed by atoms with E-state index in [1.165, 1.54) is 26.7 Å². The Balaban J connectivity index is 2.33. The molecule has 0 saturated heterocycles. The third kappa shape index (κ3) is 2.42. The zero-order chi connectivity index (χ0) is 15.6. The van der Waals surface area contributed by atoms with E-state index in [1.54, 1.807) is 0 Å². The molecule has 0 N–H and O–H groups in total. The standard InChI is InChI=1S/C21H22Si/c1-17-11-7-9-15-20(17)22(3,19-13-5-4-6-14-19)21-16-10-8-12-18(21)2/h4-16H,1-3H3. The second kappa shape index (κ2) is 5.94. The molecule has 0 aliphatic carbocycles. The summed E-state index contributed by atoms with van der Waals surface area (Å²) in [6, 6.07) is 28.8. The minimum absolute atomic E-state index is 1.39. The summed E-state index contributed by atoms with van der Waals surface area (Å²) in [5, 5.41) is 4.49. The molecule has 3 aromatic carbocycles. The van der Waals surface area contributed by atoms with Crippen LogP contribution in [0.25, 0.3) is 0 Å². The number of hydrogen-bond acceptors (Lipinski definition) is 0. The van der Waals surface area contributed by atoms with E-state index in [4.69, 9.17) is 0 Å². The average Bonchev–Trinajstić information content (AvgIpc) is 2.56. The monoisotopic (exact) mass is 302 g/mol. The van der Waals surface area contributed by atoms with Crippen LogP contribution >= 0.6 is 0 Å². The summed E-state index contributed by atoms with van der Waals surface area (Å²) in [5.74, 6) is 0. The molecule has 22 heavy (non-hydrogen) atoms. The molecule has 0 nitrogen and oxygen atoms in total. The van der Waals surface area contributed by atoms with E-state index in [9.17, 15) is 0 Å². The molecule has 0 spiro atoms. The Morgan fingerprint density at radius 2 is 0.955 bits per heavy atom. The molecule has 0 aliphatic rings. The largest absolute Gasteiger partial charge is 0.146 e. The van der Waals surface area contributed by atoms with Crippen molar-refractivity contribution >= 4 is 23.6 Å². The minimum Gasteiger partial charge on any atom is -0.0624 e. The summed E-state index contributed by atoms with van der Waals surface area (Å²) in [6.07, 6.45) is 0. The third-order valence-electron chi connectivity index (χ3n) is 4.72. The van der Waals surface area contributed by atoms with Crippen LogP contribution in [0, 0.1) is 13.8 Å². The van der Waals surface area contributed by atoms with Crippen molar-refractivity contribution in [2.45, 2.75) is 20.4 Å². The lowest BCUT2D eigenvalue weighted by molar-refractivity contribution is 1.47. The number of rotatable bonds is 3. The van der Waals surface area contributed by atoms with Gasteiger partial charge in [0.1, 0.15) is 8.07 Å². The Bertz CT molecular complexity index is 729. The zero-order valence-corrected chi connectivity index (χ0v) is 14.5. The molecule has 3 rings (SSSR count). The molecule has 0 atom stereocenters. The fraction of sp³-hybridized carbons (Fsp3) is 0.143. The van der Waals surface area contributed by atoms with Crippen molar-refractivity contribution < 1.29 is 0 Å². The van der Waals surface area contributed by atoms with Crippen LogP contribution in [-0.4, -0.2) is 8.07 Å².